The van der Waals surface area contributed by atoms with Crippen molar-refractivity contribution in [2.24, 2.45) is 0 Å². The number of rotatable bonds is 4. The Bertz CT molecular complexity index is 810. The van der Waals surface area contributed by atoms with Crippen molar-refractivity contribution < 1.29 is 9.59 Å². The first-order valence-corrected chi connectivity index (χ1v) is 7.57. The van der Waals surface area contributed by atoms with Gasteiger partial charge < -0.3 is 10.6 Å². The van der Waals surface area contributed by atoms with Crippen LogP contribution in [0.4, 0.5) is 5.69 Å². The molecule has 0 aliphatic heterocycles. The van der Waals surface area contributed by atoms with Crippen LogP contribution in [0.2, 0.25) is 0 Å². The van der Waals surface area contributed by atoms with Gasteiger partial charge in [-0.1, -0.05) is 12.1 Å². The minimum Gasteiger partial charge on any atom is -0.342 e. The molecule has 2 N–H and O–H groups in total. The van der Waals surface area contributed by atoms with Gasteiger partial charge in [-0.05, 0) is 35.7 Å². The lowest BCUT2D eigenvalue weighted by molar-refractivity contribution is -0.115. The van der Waals surface area contributed by atoms with Crippen LogP contribution in [0, 0.1) is 0 Å². The molecule has 2 heterocycles. The summed E-state index contributed by atoms with van der Waals surface area (Å²) < 4.78 is 0. The minimum absolute atomic E-state index is 0.0760. The van der Waals surface area contributed by atoms with Gasteiger partial charge in [-0.2, -0.15) is 0 Å². The summed E-state index contributed by atoms with van der Waals surface area (Å²) in [6, 6.07) is 12.7. The molecule has 0 radical (unpaired) electrons. The first-order valence-electron chi connectivity index (χ1n) is 6.69. The number of nitrogens with one attached hydrogen (secondary N) is 2. The van der Waals surface area contributed by atoms with E-state index in [1.165, 1.54) is 11.3 Å². The molecule has 0 fully saturated rings. The number of hydrogen-bond acceptors (Lipinski definition) is 4. The zero-order valence-corrected chi connectivity index (χ0v) is 12.4. The van der Waals surface area contributed by atoms with Crippen molar-refractivity contribution in [3.63, 3.8) is 0 Å². The predicted molar refractivity (Wildman–Crippen MR) is 87.0 cm³/mol. The van der Waals surface area contributed by atoms with E-state index >= 15 is 0 Å². The van der Waals surface area contributed by atoms with Crippen molar-refractivity contribution >= 4 is 39.7 Å². The van der Waals surface area contributed by atoms with Crippen LogP contribution in [0.15, 0.2) is 54.0 Å². The van der Waals surface area contributed by atoms with Gasteiger partial charge >= 0.3 is 0 Å². The van der Waals surface area contributed by atoms with Crippen molar-refractivity contribution in [1.82, 2.24) is 10.3 Å². The maximum Gasteiger partial charge on any atom is 0.261 e. The Morgan fingerprint density at radius 1 is 1.09 bits per heavy atom. The number of nitrogens with zero attached hydrogens (tertiary/aromatic N) is 1. The number of carbonyl (C=O) groups excluding carboxylic acids is 2. The topological polar surface area (TPSA) is 71.1 Å². The van der Waals surface area contributed by atoms with Crippen molar-refractivity contribution in [1.29, 1.82) is 0 Å². The van der Waals surface area contributed by atoms with Crippen LogP contribution < -0.4 is 10.6 Å². The van der Waals surface area contributed by atoms with Crippen LogP contribution in [0.3, 0.4) is 0 Å². The van der Waals surface area contributed by atoms with Gasteiger partial charge in [0.15, 0.2) is 0 Å². The smallest absolute Gasteiger partial charge is 0.261 e. The highest BCUT2D eigenvalue weighted by atomic mass is 32.1. The lowest BCUT2D eigenvalue weighted by Gasteiger charge is -2.08. The van der Waals surface area contributed by atoms with Crippen LogP contribution in [-0.4, -0.2) is 23.3 Å². The van der Waals surface area contributed by atoms with E-state index in [1.54, 1.807) is 18.3 Å². The predicted octanol–water partition coefficient (Wildman–Crippen LogP) is 2.66. The number of anilines is 1. The molecular weight excluding hydrogens is 298 g/mol. The number of benzene rings is 1. The maximum absolute atomic E-state index is 12.0. The van der Waals surface area contributed by atoms with Gasteiger partial charge in [-0.15, -0.1) is 11.3 Å². The summed E-state index contributed by atoms with van der Waals surface area (Å²) in [5.41, 5.74) is 1.49. The number of pyridine rings is 1. The summed E-state index contributed by atoms with van der Waals surface area (Å²) in [4.78, 5) is 28.6. The average molecular weight is 311 g/mol. The SMILES string of the molecule is O=C(CNC(=O)c1cccs1)Nc1cccc2ncccc12. The van der Waals surface area contributed by atoms with Crippen molar-refractivity contribution in [2.45, 2.75) is 0 Å². The van der Waals surface area contributed by atoms with E-state index in [0.717, 1.165) is 10.9 Å². The lowest BCUT2D eigenvalue weighted by atomic mass is 10.2. The molecule has 22 heavy (non-hydrogen) atoms. The van der Waals surface area contributed by atoms with Gasteiger partial charge in [0.05, 0.1) is 22.6 Å². The summed E-state index contributed by atoms with van der Waals surface area (Å²) in [6.07, 6.45) is 1.70. The molecule has 0 bridgehead atoms. The fraction of sp³-hybridized carbons (Fsp3) is 0.0625. The molecule has 0 aliphatic carbocycles. The highest BCUT2D eigenvalue weighted by molar-refractivity contribution is 7.12. The number of hydrogen-bond donors (Lipinski definition) is 2. The zero-order chi connectivity index (χ0) is 15.4. The third-order valence-electron chi connectivity index (χ3n) is 3.07. The van der Waals surface area contributed by atoms with E-state index in [-0.39, 0.29) is 18.4 Å². The number of thiophene rings is 1. The van der Waals surface area contributed by atoms with E-state index in [0.29, 0.717) is 10.6 Å². The summed E-state index contributed by atoms with van der Waals surface area (Å²) in [5.74, 6) is -0.522. The molecule has 0 unspecified atom stereocenters. The van der Waals surface area contributed by atoms with Crippen molar-refractivity contribution in [3.05, 3.63) is 58.9 Å². The molecule has 6 heteroatoms. The monoisotopic (exact) mass is 311 g/mol. The summed E-state index contributed by atoms with van der Waals surface area (Å²) in [5, 5.41) is 8.07. The Morgan fingerprint density at radius 2 is 2.00 bits per heavy atom. The number of carbonyl (C=O) groups is 2. The highest BCUT2D eigenvalue weighted by Gasteiger charge is 2.10. The Hall–Kier alpha value is -2.73. The van der Waals surface area contributed by atoms with Gasteiger partial charge in [0.25, 0.3) is 5.91 Å². The third kappa shape index (κ3) is 3.12. The Labute approximate surface area is 131 Å². The normalized spacial score (nSPS) is 10.4. The molecule has 2 aromatic heterocycles. The molecule has 0 saturated carbocycles. The van der Waals surface area contributed by atoms with E-state index < -0.39 is 0 Å². The second-order valence-corrected chi connectivity index (χ2v) is 5.53. The molecule has 0 aliphatic rings. The van der Waals surface area contributed by atoms with Crippen molar-refractivity contribution in [3.8, 4) is 0 Å². The van der Waals surface area contributed by atoms with Gasteiger partial charge in [0, 0.05) is 11.6 Å². The molecule has 110 valence electrons. The molecule has 0 atom stereocenters. The Morgan fingerprint density at radius 3 is 2.82 bits per heavy atom. The molecular formula is C16H13N3O2S. The van der Waals surface area contributed by atoms with E-state index in [9.17, 15) is 9.59 Å². The molecule has 3 rings (SSSR count). The van der Waals surface area contributed by atoms with Crippen LogP contribution >= 0.6 is 11.3 Å². The number of aromatic nitrogens is 1. The highest BCUT2D eigenvalue weighted by Crippen LogP contribution is 2.20. The Balaban J connectivity index is 1.65. The van der Waals surface area contributed by atoms with E-state index in [1.807, 2.05) is 35.7 Å². The second-order valence-electron chi connectivity index (χ2n) is 4.58. The average Bonchev–Trinajstić information content (AvgIpc) is 3.07. The molecule has 1 aromatic carbocycles. The molecule has 5 nitrogen and oxygen atoms in total. The molecule has 2 amide bonds. The minimum atomic E-state index is -0.277. The van der Waals surface area contributed by atoms with Gasteiger partial charge in [-0.25, -0.2) is 0 Å². The molecule has 0 spiro atoms. The van der Waals surface area contributed by atoms with Crippen LogP contribution in [0.25, 0.3) is 10.9 Å². The quantitative estimate of drug-likeness (QED) is 0.778. The standard InChI is InChI=1S/C16H13N3O2S/c20-15(10-18-16(21)14-7-3-9-22-14)19-13-6-1-5-12-11(13)4-2-8-17-12/h1-9H,10H2,(H,18,21)(H,19,20). The fourth-order valence-electron chi connectivity index (χ4n) is 2.06. The first kappa shape index (κ1) is 14.2. The van der Waals surface area contributed by atoms with Crippen LogP contribution in [0.1, 0.15) is 9.67 Å². The largest absolute Gasteiger partial charge is 0.342 e. The van der Waals surface area contributed by atoms with Crippen LogP contribution in [0.5, 0.6) is 0 Å². The second kappa shape index (κ2) is 6.36. The lowest BCUT2D eigenvalue weighted by Crippen LogP contribution is -2.32. The zero-order valence-electron chi connectivity index (χ0n) is 11.6. The molecule has 3 aromatic rings. The first-order chi connectivity index (χ1) is 10.7. The summed E-state index contributed by atoms with van der Waals surface area (Å²) >= 11 is 1.34. The van der Waals surface area contributed by atoms with Gasteiger partial charge in [0.1, 0.15) is 0 Å². The van der Waals surface area contributed by atoms with E-state index in [2.05, 4.69) is 15.6 Å². The maximum atomic E-state index is 12.0. The number of fused-ring (bicyclic) bond motifs is 1. The summed E-state index contributed by atoms with van der Waals surface area (Å²) in [6.45, 7) is -0.0760. The van der Waals surface area contributed by atoms with Gasteiger partial charge in [0.2, 0.25) is 5.91 Å². The Kier molecular flexibility index (Phi) is 4.11. The van der Waals surface area contributed by atoms with Crippen molar-refractivity contribution in [2.75, 3.05) is 11.9 Å². The van der Waals surface area contributed by atoms with E-state index in [4.69, 9.17) is 0 Å². The third-order valence-corrected chi connectivity index (χ3v) is 3.94. The summed E-state index contributed by atoms with van der Waals surface area (Å²) in [7, 11) is 0. The van der Waals surface area contributed by atoms with Gasteiger partial charge in [-0.3, -0.25) is 14.6 Å². The van der Waals surface area contributed by atoms with Crippen LogP contribution in [-0.2, 0) is 4.79 Å². The number of amides is 2. The fourth-order valence-corrected chi connectivity index (χ4v) is 2.70. The molecule has 0 saturated heterocycles.